The second-order valence-corrected chi connectivity index (χ2v) is 3.06. The maximum atomic E-state index is 10.5. The van der Waals surface area contributed by atoms with E-state index < -0.39 is 12.0 Å². The van der Waals surface area contributed by atoms with Crippen molar-refractivity contribution in [2.45, 2.75) is 19.6 Å². The summed E-state index contributed by atoms with van der Waals surface area (Å²) in [6.45, 7) is 1.57. The van der Waals surface area contributed by atoms with Crippen LogP contribution in [-0.2, 0) is 11.4 Å². The maximum absolute atomic E-state index is 10.5. The summed E-state index contributed by atoms with van der Waals surface area (Å²) in [5.41, 5.74) is 1.54. The van der Waals surface area contributed by atoms with Gasteiger partial charge in [0, 0.05) is 5.69 Å². The third-order valence-electron chi connectivity index (χ3n) is 1.89. The minimum atomic E-state index is -0.892. The van der Waals surface area contributed by atoms with Gasteiger partial charge in [-0.05, 0) is 24.6 Å². The van der Waals surface area contributed by atoms with E-state index in [1.54, 1.807) is 31.2 Å². The highest BCUT2D eigenvalue weighted by Gasteiger charge is 2.09. The Morgan fingerprint density at radius 1 is 1.43 bits per heavy atom. The normalized spacial score (nSPS) is 12.1. The number of hydrogen-bond donors (Lipinski definition) is 3. The Labute approximate surface area is 82.2 Å². The van der Waals surface area contributed by atoms with Crippen molar-refractivity contribution in [2.24, 2.45) is 0 Å². The van der Waals surface area contributed by atoms with Crippen LogP contribution < -0.4 is 5.32 Å². The molecule has 0 bridgehead atoms. The van der Waals surface area contributed by atoms with Gasteiger partial charge in [0.1, 0.15) is 6.04 Å². The lowest BCUT2D eigenvalue weighted by Gasteiger charge is -2.10. The first-order chi connectivity index (χ1) is 6.63. The Hall–Kier alpha value is -1.55. The molecule has 0 radical (unpaired) electrons. The van der Waals surface area contributed by atoms with E-state index in [1.807, 2.05) is 0 Å². The molecule has 0 aromatic heterocycles. The van der Waals surface area contributed by atoms with E-state index in [-0.39, 0.29) is 6.61 Å². The number of carbonyl (C=O) groups is 1. The van der Waals surface area contributed by atoms with E-state index in [0.717, 1.165) is 11.3 Å². The van der Waals surface area contributed by atoms with Crippen molar-refractivity contribution in [3.63, 3.8) is 0 Å². The van der Waals surface area contributed by atoms with Gasteiger partial charge in [0.25, 0.3) is 0 Å². The van der Waals surface area contributed by atoms with Gasteiger partial charge in [0.05, 0.1) is 6.61 Å². The van der Waals surface area contributed by atoms with Gasteiger partial charge in [0.2, 0.25) is 0 Å². The monoisotopic (exact) mass is 195 g/mol. The molecule has 0 fully saturated rings. The van der Waals surface area contributed by atoms with Gasteiger partial charge in [-0.25, -0.2) is 0 Å². The minimum Gasteiger partial charge on any atom is -0.480 e. The molecular formula is C10H13NO3. The first-order valence-electron chi connectivity index (χ1n) is 4.32. The fourth-order valence-corrected chi connectivity index (χ4v) is 1.02. The van der Waals surface area contributed by atoms with Gasteiger partial charge in [-0.15, -0.1) is 0 Å². The number of aliphatic hydroxyl groups is 1. The van der Waals surface area contributed by atoms with E-state index in [1.165, 1.54) is 0 Å². The lowest BCUT2D eigenvalue weighted by atomic mass is 10.2. The van der Waals surface area contributed by atoms with Crippen molar-refractivity contribution in [1.82, 2.24) is 0 Å². The second kappa shape index (κ2) is 4.62. The van der Waals surface area contributed by atoms with Crippen molar-refractivity contribution >= 4 is 11.7 Å². The van der Waals surface area contributed by atoms with Crippen LogP contribution in [0.4, 0.5) is 5.69 Å². The fourth-order valence-electron chi connectivity index (χ4n) is 1.02. The van der Waals surface area contributed by atoms with Crippen LogP contribution in [0, 0.1) is 0 Å². The summed E-state index contributed by atoms with van der Waals surface area (Å²) in [5.74, 6) is -0.892. The van der Waals surface area contributed by atoms with Gasteiger partial charge in [-0.1, -0.05) is 12.1 Å². The molecule has 1 unspecified atom stereocenters. The van der Waals surface area contributed by atoms with E-state index in [2.05, 4.69) is 5.32 Å². The van der Waals surface area contributed by atoms with Crippen LogP contribution in [-0.4, -0.2) is 22.2 Å². The zero-order valence-electron chi connectivity index (χ0n) is 7.90. The zero-order chi connectivity index (χ0) is 10.6. The van der Waals surface area contributed by atoms with E-state index in [4.69, 9.17) is 10.2 Å². The highest BCUT2D eigenvalue weighted by Crippen LogP contribution is 2.10. The molecule has 0 saturated heterocycles. The Morgan fingerprint density at radius 2 is 2.00 bits per heavy atom. The Bertz CT molecular complexity index is 308. The molecule has 3 N–H and O–H groups in total. The van der Waals surface area contributed by atoms with Crippen molar-refractivity contribution in [3.05, 3.63) is 29.8 Å². The predicted octanol–water partition coefficient (Wildman–Crippen LogP) is 1.06. The number of rotatable bonds is 4. The van der Waals surface area contributed by atoms with Crippen molar-refractivity contribution in [3.8, 4) is 0 Å². The molecule has 0 aliphatic carbocycles. The lowest BCUT2D eigenvalue weighted by Crippen LogP contribution is -2.25. The quantitative estimate of drug-likeness (QED) is 0.672. The number of hydrogen-bond acceptors (Lipinski definition) is 3. The molecule has 0 spiro atoms. The molecule has 14 heavy (non-hydrogen) atoms. The number of aliphatic hydroxyl groups excluding tert-OH is 1. The van der Waals surface area contributed by atoms with Gasteiger partial charge in [-0.2, -0.15) is 0 Å². The Balaban J connectivity index is 2.64. The minimum absolute atomic E-state index is 0.00519. The predicted molar refractivity (Wildman–Crippen MR) is 53.1 cm³/mol. The van der Waals surface area contributed by atoms with E-state index in [0.29, 0.717) is 0 Å². The number of carboxylic acids is 1. The standard InChI is InChI=1S/C10H13NO3/c1-7(10(13)14)11-9-4-2-8(6-12)3-5-9/h2-5,7,11-12H,6H2,1H3,(H,13,14). The highest BCUT2D eigenvalue weighted by molar-refractivity contribution is 5.76. The molecule has 1 rings (SSSR count). The molecule has 1 aromatic carbocycles. The summed E-state index contributed by atoms with van der Waals surface area (Å²) in [6.07, 6.45) is 0. The third-order valence-corrected chi connectivity index (χ3v) is 1.89. The molecule has 0 saturated carbocycles. The summed E-state index contributed by atoms with van der Waals surface area (Å²) in [4.78, 5) is 10.5. The molecule has 0 aliphatic heterocycles. The number of nitrogens with one attached hydrogen (secondary N) is 1. The Morgan fingerprint density at radius 3 is 2.43 bits per heavy atom. The highest BCUT2D eigenvalue weighted by atomic mass is 16.4. The van der Waals surface area contributed by atoms with Crippen molar-refractivity contribution in [2.75, 3.05) is 5.32 Å². The molecule has 0 amide bonds. The average molecular weight is 195 g/mol. The number of carboxylic acid groups (broad SMARTS) is 1. The largest absolute Gasteiger partial charge is 0.480 e. The third kappa shape index (κ3) is 2.74. The summed E-state index contributed by atoms with van der Waals surface area (Å²) < 4.78 is 0. The number of anilines is 1. The molecule has 0 aliphatic rings. The molecule has 1 aromatic rings. The van der Waals surface area contributed by atoms with Crippen LogP contribution in [0.5, 0.6) is 0 Å². The summed E-state index contributed by atoms with van der Waals surface area (Å²) in [7, 11) is 0. The van der Waals surface area contributed by atoms with Crippen LogP contribution in [0.25, 0.3) is 0 Å². The van der Waals surface area contributed by atoms with Gasteiger partial charge in [0.15, 0.2) is 0 Å². The average Bonchev–Trinajstić information content (AvgIpc) is 2.19. The van der Waals surface area contributed by atoms with E-state index in [9.17, 15) is 4.79 Å². The summed E-state index contributed by atoms with van der Waals surface area (Å²) >= 11 is 0. The Kier molecular flexibility index (Phi) is 3.48. The summed E-state index contributed by atoms with van der Waals surface area (Å²) in [5, 5.41) is 20.2. The number of aliphatic carboxylic acids is 1. The maximum Gasteiger partial charge on any atom is 0.325 e. The molecule has 4 nitrogen and oxygen atoms in total. The van der Waals surface area contributed by atoms with Crippen LogP contribution in [0.2, 0.25) is 0 Å². The molecule has 4 heteroatoms. The second-order valence-electron chi connectivity index (χ2n) is 3.06. The first-order valence-corrected chi connectivity index (χ1v) is 4.32. The SMILES string of the molecule is CC(Nc1ccc(CO)cc1)C(=O)O. The molecule has 0 heterocycles. The number of benzene rings is 1. The fraction of sp³-hybridized carbons (Fsp3) is 0.300. The van der Waals surface area contributed by atoms with Crippen molar-refractivity contribution < 1.29 is 15.0 Å². The van der Waals surface area contributed by atoms with Gasteiger partial charge < -0.3 is 15.5 Å². The molecular weight excluding hydrogens is 182 g/mol. The lowest BCUT2D eigenvalue weighted by molar-refractivity contribution is -0.137. The zero-order valence-corrected chi connectivity index (χ0v) is 7.90. The topological polar surface area (TPSA) is 69.6 Å². The van der Waals surface area contributed by atoms with Gasteiger partial charge >= 0.3 is 5.97 Å². The van der Waals surface area contributed by atoms with Gasteiger partial charge in [-0.3, -0.25) is 4.79 Å². The van der Waals surface area contributed by atoms with Crippen molar-refractivity contribution in [1.29, 1.82) is 0 Å². The van der Waals surface area contributed by atoms with Crippen LogP contribution >= 0.6 is 0 Å². The molecule has 1 atom stereocenters. The van der Waals surface area contributed by atoms with Crippen LogP contribution in [0.3, 0.4) is 0 Å². The van der Waals surface area contributed by atoms with Crippen LogP contribution in [0.1, 0.15) is 12.5 Å². The smallest absolute Gasteiger partial charge is 0.325 e. The van der Waals surface area contributed by atoms with E-state index >= 15 is 0 Å². The molecule has 76 valence electrons. The van der Waals surface area contributed by atoms with Crippen LogP contribution in [0.15, 0.2) is 24.3 Å². The first kappa shape index (κ1) is 10.5. The summed E-state index contributed by atoms with van der Waals surface area (Å²) in [6, 6.07) is 6.36.